The third kappa shape index (κ3) is 5.53. The number of ether oxygens (including phenoxy) is 2. The van der Waals surface area contributed by atoms with E-state index in [1.165, 1.54) is 12.1 Å². The number of aliphatic hydroxyl groups excluding tert-OH is 4. The first-order valence-electron chi connectivity index (χ1n) is 10.0. The Morgan fingerprint density at radius 1 is 1.09 bits per heavy atom. The van der Waals surface area contributed by atoms with Crippen LogP contribution in [-0.2, 0) is 21.5 Å². The SMILES string of the molecule is CP(C)(=O)COc1ccc(Cc2cc([C@]3(O)O[C@H](CO)[C@@H](O)[C@H](O)[C@H]3O)ccc2Cl)cc1. The van der Waals surface area contributed by atoms with Crippen molar-refractivity contribution in [2.24, 2.45) is 0 Å². The minimum absolute atomic E-state index is 0.121. The third-order valence-corrected chi connectivity index (χ3v) is 6.41. The first-order chi connectivity index (χ1) is 14.9. The Morgan fingerprint density at radius 2 is 1.75 bits per heavy atom. The lowest BCUT2D eigenvalue weighted by molar-refractivity contribution is -0.357. The molecule has 1 heterocycles. The van der Waals surface area contributed by atoms with Crippen LogP contribution in [0.3, 0.4) is 0 Å². The van der Waals surface area contributed by atoms with E-state index in [0.29, 0.717) is 22.8 Å². The summed E-state index contributed by atoms with van der Waals surface area (Å²) in [6.07, 6.45) is -5.88. The van der Waals surface area contributed by atoms with E-state index >= 15 is 0 Å². The van der Waals surface area contributed by atoms with Crippen molar-refractivity contribution in [2.45, 2.75) is 36.6 Å². The van der Waals surface area contributed by atoms with E-state index in [0.717, 1.165) is 5.56 Å². The molecule has 2 aromatic carbocycles. The average molecular weight is 487 g/mol. The summed E-state index contributed by atoms with van der Waals surface area (Å²) >= 11 is 6.34. The largest absolute Gasteiger partial charge is 0.486 e. The average Bonchev–Trinajstić information content (AvgIpc) is 2.75. The molecular weight excluding hydrogens is 459 g/mol. The van der Waals surface area contributed by atoms with Gasteiger partial charge in [0.05, 0.1) is 6.61 Å². The fourth-order valence-corrected chi connectivity index (χ4v) is 4.12. The molecule has 1 fully saturated rings. The second kappa shape index (κ2) is 9.79. The molecule has 0 amide bonds. The molecule has 0 aromatic heterocycles. The summed E-state index contributed by atoms with van der Waals surface area (Å²) in [5.74, 6) is -1.76. The standard InChI is InChI=1S/C22H28ClO8P/c1-32(2,29)12-30-16-6-3-13(4-7-16)9-14-10-15(5-8-17(14)23)22(28)21(27)20(26)19(25)18(11-24)31-22/h3-8,10,18-21,24-28H,9,11-12H2,1-2H3/t18-,19-,20+,21-,22+/m1/s1. The lowest BCUT2D eigenvalue weighted by Gasteiger charge is -2.45. The van der Waals surface area contributed by atoms with Crippen molar-refractivity contribution in [1.82, 2.24) is 0 Å². The Kier molecular flexibility index (Phi) is 7.70. The van der Waals surface area contributed by atoms with E-state index in [1.807, 2.05) is 12.1 Å². The summed E-state index contributed by atoms with van der Waals surface area (Å²) in [5.41, 5.74) is 1.62. The van der Waals surface area contributed by atoms with Crippen molar-refractivity contribution in [3.8, 4) is 5.75 Å². The van der Waals surface area contributed by atoms with Gasteiger partial charge in [-0.25, -0.2) is 0 Å². The molecule has 0 saturated carbocycles. The molecule has 5 N–H and O–H groups in total. The van der Waals surface area contributed by atoms with Crippen molar-refractivity contribution >= 4 is 18.7 Å². The number of benzene rings is 2. The van der Waals surface area contributed by atoms with Gasteiger partial charge in [0, 0.05) is 10.6 Å². The normalized spacial score (nSPS) is 28.5. The Balaban J connectivity index is 1.82. The Hall–Kier alpha value is -1.48. The highest BCUT2D eigenvalue weighted by Gasteiger charge is 2.53. The van der Waals surface area contributed by atoms with E-state index < -0.39 is 44.0 Å². The van der Waals surface area contributed by atoms with Crippen LogP contribution in [0.2, 0.25) is 5.02 Å². The van der Waals surface area contributed by atoms with Crippen LogP contribution in [0.1, 0.15) is 16.7 Å². The molecule has 3 rings (SSSR count). The van der Waals surface area contributed by atoms with E-state index in [4.69, 9.17) is 21.1 Å². The second-order valence-electron chi connectivity index (χ2n) is 8.44. The van der Waals surface area contributed by atoms with Gasteiger partial charge in [-0.3, -0.25) is 0 Å². The van der Waals surface area contributed by atoms with Gasteiger partial charge in [-0.1, -0.05) is 29.8 Å². The molecule has 0 spiro atoms. The molecule has 1 aliphatic rings. The van der Waals surface area contributed by atoms with Crippen LogP contribution in [0.25, 0.3) is 0 Å². The van der Waals surface area contributed by atoms with Crippen molar-refractivity contribution in [3.63, 3.8) is 0 Å². The lowest BCUT2D eigenvalue weighted by atomic mass is 9.87. The summed E-state index contributed by atoms with van der Waals surface area (Å²) in [6.45, 7) is 2.65. The second-order valence-corrected chi connectivity index (χ2v) is 12.2. The van der Waals surface area contributed by atoms with Crippen molar-refractivity contribution in [3.05, 3.63) is 64.2 Å². The Morgan fingerprint density at radius 3 is 2.34 bits per heavy atom. The Bertz CT molecular complexity index is 976. The summed E-state index contributed by atoms with van der Waals surface area (Å²) in [4.78, 5) is 0. The highest BCUT2D eigenvalue weighted by molar-refractivity contribution is 7.62. The molecule has 1 aliphatic heterocycles. The maximum atomic E-state index is 11.8. The molecule has 176 valence electrons. The number of rotatable bonds is 7. The van der Waals surface area contributed by atoms with Crippen LogP contribution >= 0.6 is 18.7 Å². The van der Waals surface area contributed by atoms with Crippen molar-refractivity contribution < 1.29 is 39.6 Å². The predicted molar refractivity (Wildman–Crippen MR) is 120 cm³/mol. The summed E-state index contributed by atoms with van der Waals surface area (Å²) < 4.78 is 22.7. The topological polar surface area (TPSA) is 137 Å². The zero-order chi connectivity index (χ0) is 23.7. The van der Waals surface area contributed by atoms with E-state index in [2.05, 4.69) is 0 Å². The summed E-state index contributed by atoms with van der Waals surface area (Å²) in [5, 5.41) is 51.3. The fraction of sp³-hybridized carbons (Fsp3) is 0.455. The van der Waals surface area contributed by atoms with Crippen molar-refractivity contribution in [1.29, 1.82) is 0 Å². The molecule has 0 bridgehead atoms. The molecular formula is C22H28ClO8P. The summed E-state index contributed by atoms with van der Waals surface area (Å²) in [6, 6.07) is 11.7. The molecule has 10 heteroatoms. The maximum absolute atomic E-state index is 11.8. The molecule has 0 unspecified atom stereocenters. The smallest absolute Gasteiger partial charge is 0.222 e. The van der Waals surface area contributed by atoms with E-state index in [1.54, 1.807) is 31.5 Å². The maximum Gasteiger partial charge on any atom is 0.222 e. The lowest BCUT2D eigenvalue weighted by Crippen LogP contribution is -2.63. The molecule has 1 saturated heterocycles. The number of halogens is 1. The molecule has 0 aliphatic carbocycles. The van der Waals surface area contributed by atoms with Gasteiger partial charge >= 0.3 is 0 Å². The number of aliphatic hydroxyl groups is 5. The summed E-state index contributed by atoms with van der Waals surface area (Å²) in [7, 11) is -2.30. The molecule has 5 atom stereocenters. The fourth-order valence-electron chi connectivity index (χ4n) is 3.48. The minimum atomic E-state index is -2.35. The van der Waals surface area contributed by atoms with Gasteiger partial charge in [0.2, 0.25) is 5.79 Å². The molecule has 0 radical (unpaired) electrons. The minimum Gasteiger partial charge on any atom is -0.486 e. The highest BCUT2D eigenvalue weighted by Crippen LogP contribution is 2.38. The zero-order valence-electron chi connectivity index (χ0n) is 17.8. The highest BCUT2D eigenvalue weighted by atomic mass is 35.5. The van der Waals surface area contributed by atoms with Crippen LogP contribution in [-0.4, -0.2) is 76.2 Å². The van der Waals surface area contributed by atoms with Crippen LogP contribution in [0.5, 0.6) is 5.75 Å². The zero-order valence-corrected chi connectivity index (χ0v) is 19.4. The van der Waals surface area contributed by atoms with Gasteiger partial charge in [0.15, 0.2) is 0 Å². The van der Waals surface area contributed by atoms with Crippen LogP contribution in [0, 0.1) is 0 Å². The number of hydrogen-bond acceptors (Lipinski definition) is 8. The van der Waals surface area contributed by atoms with Crippen LogP contribution in [0.4, 0.5) is 0 Å². The third-order valence-electron chi connectivity index (χ3n) is 5.29. The van der Waals surface area contributed by atoms with Gasteiger partial charge < -0.3 is 39.6 Å². The Labute approximate surface area is 191 Å². The van der Waals surface area contributed by atoms with Crippen molar-refractivity contribution in [2.75, 3.05) is 26.3 Å². The van der Waals surface area contributed by atoms with Crippen LogP contribution in [0.15, 0.2) is 42.5 Å². The predicted octanol–water partition coefficient (Wildman–Crippen LogP) is 1.51. The van der Waals surface area contributed by atoms with Gasteiger partial charge in [-0.2, -0.15) is 0 Å². The van der Waals surface area contributed by atoms with Gasteiger partial charge in [-0.15, -0.1) is 0 Å². The van der Waals surface area contributed by atoms with Gasteiger partial charge in [-0.05, 0) is 55.1 Å². The first kappa shape index (κ1) is 25.1. The first-order valence-corrected chi connectivity index (χ1v) is 13.2. The van der Waals surface area contributed by atoms with E-state index in [9.17, 15) is 30.1 Å². The molecule has 32 heavy (non-hydrogen) atoms. The molecule has 8 nitrogen and oxygen atoms in total. The quantitative estimate of drug-likeness (QED) is 0.371. The van der Waals surface area contributed by atoms with Gasteiger partial charge in [0.1, 0.15) is 43.7 Å². The van der Waals surface area contributed by atoms with E-state index in [-0.39, 0.29) is 11.9 Å². The van der Waals surface area contributed by atoms with Gasteiger partial charge in [0.25, 0.3) is 0 Å². The monoisotopic (exact) mass is 486 g/mol. The number of hydrogen-bond donors (Lipinski definition) is 5. The molecule has 2 aromatic rings. The van der Waals surface area contributed by atoms with Crippen LogP contribution < -0.4 is 4.74 Å².